The van der Waals surface area contributed by atoms with Crippen LogP contribution in [0.5, 0.6) is 0 Å². The minimum atomic E-state index is -0.0208. The molecule has 52 valence electrons. The van der Waals surface area contributed by atoms with Crippen LogP contribution in [0.15, 0.2) is 12.2 Å². The van der Waals surface area contributed by atoms with Crippen LogP contribution in [0.1, 0.15) is 20.8 Å². The number of carbonyl (C=O) groups is 1. The highest BCUT2D eigenvalue weighted by Gasteiger charge is 1.94. The van der Waals surface area contributed by atoms with Crippen molar-refractivity contribution in [2.45, 2.75) is 26.8 Å². The third kappa shape index (κ3) is 5.07. The van der Waals surface area contributed by atoms with E-state index in [1.54, 1.807) is 6.08 Å². The van der Waals surface area contributed by atoms with Gasteiger partial charge in [0, 0.05) is 6.04 Å². The van der Waals surface area contributed by atoms with Crippen molar-refractivity contribution in [3.05, 3.63) is 12.2 Å². The van der Waals surface area contributed by atoms with Crippen molar-refractivity contribution in [1.82, 2.24) is 5.32 Å². The number of rotatable bonds is 2. The fourth-order valence-corrected chi connectivity index (χ4v) is 0.484. The Morgan fingerprint density at radius 3 is 2.44 bits per heavy atom. The molecule has 0 bridgehead atoms. The van der Waals surface area contributed by atoms with Gasteiger partial charge in [0.05, 0.1) is 0 Å². The maximum Gasteiger partial charge on any atom is 0.243 e. The molecule has 1 N–H and O–H groups in total. The Morgan fingerprint density at radius 2 is 2.11 bits per heavy atom. The predicted molar refractivity (Wildman–Crippen MR) is 38.1 cm³/mol. The first-order valence-electron chi connectivity index (χ1n) is 3.10. The van der Waals surface area contributed by atoms with Crippen molar-refractivity contribution >= 4 is 5.91 Å². The summed E-state index contributed by atoms with van der Waals surface area (Å²) in [5.74, 6) is -0.0208. The maximum atomic E-state index is 10.7. The summed E-state index contributed by atoms with van der Waals surface area (Å²) >= 11 is 0. The standard InChI is InChI=1S/C7H13NO/c1-4-5-7(9)8-6(2)3/h4-6H,1-3H3,(H,8,9)/b5-4-. The van der Waals surface area contributed by atoms with Crippen LogP contribution in [0, 0.1) is 0 Å². The lowest BCUT2D eigenvalue weighted by Gasteiger charge is -2.03. The molecule has 2 heteroatoms. The average Bonchev–Trinajstić information content (AvgIpc) is 1.63. The summed E-state index contributed by atoms with van der Waals surface area (Å²) < 4.78 is 0. The van der Waals surface area contributed by atoms with Gasteiger partial charge in [0.25, 0.3) is 0 Å². The molecule has 0 aromatic carbocycles. The van der Waals surface area contributed by atoms with Crippen molar-refractivity contribution in [3.8, 4) is 0 Å². The van der Waals surface area contributed by atoms with E-state index >= 15 is 0 Å². The highest BCUT2D eigenvalue weighted by Crippen LogP contribution is 1.77. The molecular formula is C7H13NO. The Labute approximate surface area is 56.0 Å². The minimum Gasteiger partial charge on any atom is -0.350 e. The van der Waals surface area contributed by atoms with Crippen LogP contribution in [-0.2, 0) is 4.79 Å². The van der Waals surface area contributed by atoms with Crippen LogP contribution in [0.2, 0.25) is 0 Å². The lowest BCUT2D eigenvalue weighted by molar-refractivity contribution is -0.116. The van der Waals surface area contributed by atoms with Crippen molar-refractivity contribution in [1.29, 1.82) is 0 Å². The number of hydrogen-bond donors (Lipinski definition) is 1. The molecule has 0 aliphatic rings. The van der Waals surface area contributed by atoms with Crippen LogP contribution < -0.4 is 5.32 Å². The van der Waals surface area contributed by atoms with Gasteiger partial charge in [-0.2, -0.15) is 0 Å². The largest absolute Gasteiger partial charge is 0.350 e. The lowest BCUT2D eigenvalue weighted by Crippen LogP contribution is -2.28. The van der Waals surface area contributed by atoms with Gasteiger partial charge in [0.15, 0.2) is 0 Å². The van der Waals surface area contributed by atoms with E-state index in [0.29, 0.717) is 0 Å². The van der Waals surface area contributed by atoms with Gasteiger partial charge in [-0.25, -0.2) is 0 Å². The van der Waals surface area contributed by atoms with Crippen LogP contribution in [0.25, 0.3) is 0 Å². The van der Waals surface area contributed by atoms with E-state index < -0.39 is 0 Å². The molecule has 0 aliphatic carbocycles. The van der Waals surface area contributed by atoms with E-state index in [1.807, 2.05) is 20.8 Å². The lowest BCUT2D eigenvalue weighted by atomic mass is 10.4. The molecule has 0 rings (SSSR count). The second kappa shape index (κ2) is 4.13. The zero-order chi connectivity index (χ0) is 7.28. The summed E-state index contributed by atoms with van der Waals surface area (Å²) in [4.78, 5) is 10.7. The predicted octanol–water partition coefficient (Wildman–Crippen LogP) is 1.09. The van der Waals surface area contributed by atoms with E-state index in [1.165, 1.54) is 6.08 Å². The third-order valence-electron chi connectivity index (χ3n) is 0.749. The quantitative estimate of drug-likeness (QED) is 0.553. The molecule has 0 unspecified atom stereocenters. The molecule has 0 aromatic rings. The van der Waals surface area contributed by atoms with Crippen LogP contribution in [0.3, 0.4) is 0 Å². The second-order valence-corrected chi connectivity index (χ2v) is 2.16. The number of allylic oxidation sites excluding steroid dienone is 1. The monoisotopic (exact) mass is 127 g/mol. The van der Waals surface area contributed by atoms with Crippen molar-refractivity contribution in [2.75, 3.05) is 0 Å². The van der Waals surface area contributed by atoms with Gasteiger partial charge in [0.1, 0.15) is 0 Å². The zero-order valence-electron chi connectivity index (χ0n) is 6.14. The van der Waals surface area contributed by atoms with Gasteiger partial charge in [-0.3, -0.25) is 4.79 Å². The van der Waals surface area contributed by atoms with E-state index in [2.05, 4.69) is 5.32 Å². The molecule has 0 atom stereocenters. The summed E-state index contributed by atoms with van der Waals surface area (Å²) in [6, 6.07) is 0.230. The summed E-state index contributed by atoms with van der Waals surface area (Å²) in [7, 11) is 0. The van der Waals surface area contributed by atoms with Gasteiger partial charge in [0.2, 0.25) is 5.91 Å². The van der Waals surface area contributed by atoms with Gasteiger partial charge < -0.3 is 5.32 Å². The van der Waals surface area contributed by atoms with E-state index in [9.17, 15) is 4.79 Å². The molecule has 1 amide bonds. The molecule has 0 heterocycles. The molecule has 0 fully saturated rings. The molecular weight excluding hydrogens is 114 g/mol. The SMILES string of the molecule is C/C=C\C(=O)NC(C)C. The van der Waals surface area contributed by atoms with Gasteiger partial charge in [-0.1, -0.05) is 6.08 Å². The zero-order valence-corrected chi connectivity index (χ0v) is 6.14. The maximum absolute atomic E-state index is 10.7. The van der Waals surface area contributed by atoms with E-state index in [0.717, 1.165) is 0 Å². The second-order valence-electron chi connectivity index (χ2n) is 2.16. The number of amides is 1. The van der Waals surface area contributed by atoms with Crippen LogP contribution >= 0.6 is 0 Å². The number of carbonyl (C=O) groups excluding carboxylic acids is 1. The molecule has 0 saturated carbocycles. The molecule has 0 saturated heterocycles. The summed E-state index contributed by atoms with van der Waals surface area (Å²) in [5.41, 5.74) is 0. The molecule has 9 heavy (non-hydrogen) atoms. The Morgan fingerprint density at radius 1 is 1.56 bits per heavy atom. The first-order chi connectivity index (χ1) is 4.16. The minimum absolute atomic E-state index is 0.0208. The number of nitrogens with one attached hydrogen (secondary N) is 1. The van der Waals surface area contributed by atoms with E-state index in [4.69, 9.17) is 0 Å². The van der Waals surface area contributed by atoms with Crippen molar-refractivity contribution < 1.29 is 4.79 Å². The molecule has 0 radical (unpaired) electrons. The summed E-state index contributed by atoms with van der Waals surface area (Å²) in [6.45, 7) is 5.68. The first kappa shape index (κ1) is 8.21. The normalized spacial score (nSPS) is 10.7. The number of hydrogen-bond acceptors (Lipinski definition) is 1. The summed E-state index contributed by atoms with van der Waals surface area (Å²) in [5, 5.41) is 2.72. The average molecular weight is 127 g/mol. The van der Waals surface area contributed by atoms with Gasteiger partial charge in [-0.05, 0) is 26.8 Å². The molecule has 0 aliphatic heterocycles. The highest BCUT2D eigenvalue weighted by molar-refractivity contribution is 5.87. The fourth-order valence-electron chi connectivity index (χ4n) is 0.484. The molecule has 0 spiro atoms. The Hall–Kier alpha value is -0.790. The van der Waals surface area contributed by atoms with Gasteiger partial charge in [-0.15, -0.1) is 0 Å². The van der Waals surface area contributed by atoms with Crippen LogP contribution in [-0.4, -0.2) is 11.9 Å². The first-order valence-corrected chi connectivity index (χ1v) is 3.10. The van der Waals surface area contributed by atoms with Crippen molar-refractivity contribution in [3.63, 3.8) is 0 Å². The van der Waals surface area contributed by atoms with Gasteiger partial charge >= 0.3 is 0 Å². The molecule has 0 aromatic heterocycles. The molecule has 2 nitrogen and oxygen atoms in total. The third-order valence-corrected chi connectivity index (χ3v) is 0.749. The highest BCUT2D eigenvalue weighted by atomic mass is 16.1. The Balaban J connectivity index is 3.51. The Kier molecular flexibility index (Phi) is 3.76. The van der Waals surface area contributed by atoms with E-state index in [-0.39, 0.29) is 11.9 Å². The summed E-state index contributed by atoms with van der Waals surface area (Å²) in [6.07, 6.45) is 3.23. The Bertz CT molecular complexity index is 116. The fraction of sp³-hybridized carbons (Fsp3) is 0.571. The topological polar surface area (TPSA) is 29.1 Å². The smallest absolute Gasteiger partial charge is 0.243 e. The van der Waals surface area contributed by atoms with Crippen LogP contribution in [0.4, 0.5) is 0 Å². The van der Waals surface area contributed by atoms with Crippen molar-refractivity contribution in [2.24, 2.45) is 0 Å².